The highest BCUT2D eigenvalue weighted by atomic mass is 32.2. The van der Waals surface area contributed by atoms with Gasteiger partial charge in [0.15, 0.2) is 6.17 Å². The molecule has 0 aliphatic carbocycles. The summed E-state index contributed by atoms with van der Waals surface area (Å²) in [5.74, 6) is -48.5. The van der Waals surface area contributed by atoms with Gasteiger partial charge in [0.2, 0.25) is 0 Å². The monoisotopic (exact) mass is 537 g/mol. The van der Waals surface area contributed by atoms with E-state index in [1.54, 1.807) is 0 Å². The summed E-state index contributed by atoms with van der Waals surface area (Å²) < 4.78 is 224. The minimum Gasteiger partial charge on any atom is -0.323 e. The molecule has 0 fully saturated rings. The lowest BCUT2D eigenvalue weighted by Gasteiger charge is -2.42. The van der Waals surface area contributed by atoms with Gasteiger partial charge in [0.25, 0.3) is 0 Å². The van der Waals surface area contributed by atoms with Crippen LogP contribution >= 0.6 is 0 Å². The third kappa shape index (κ3) is 4.58. The van der Waals surface area contributed by atoms with E-state index in [0.29, 0.717) is 0 Å². The summed E-state index contributed by atoms with van der Waals surface area (Å²) in [5.41, 5.74) is 0. The molecule has 0 saturated heterocycles. The second kappa shape index (κ2) is 9.22. The Labute approximate surface area is 169 Å². The lowest BCUT2D eigenvalue weighted by atomic mass is 9.89. The average molecular weight is 537 g/mol. The van der Waals surface area contributed by atoms with E-state index in [1.807, 2.05) is 14.1 Å². The average Bonchev–Trinajstić information content (AvgIpc) is 2.59. The van der Waals surface area contributed by atoms with Crippen LogP contribution in [-0.4, -0.2) is 74.0 Å². The lowest BCUT2D eigenvalue weighted by Crippen LogP contribution is -2.74. The maximum absolute atomic E-state index is 13.3. The molecule has 0 aromatic carbocycles. The molecule has 20 heteroatoms. The molecule has 1 atom stereocenters. The van der Waals surface area contributed by atoms with E-state index in [0.717, 1.165) is 0 Å². The molecule has 0 radical (unpaired) electrons. The molecule has 0 aliphatic rings. The molecule has 0 spiro atoms. The largest absolute Gasteiger partial charge is 0.438 e. The Bertz CT molecular complexity index is 738. The van der Waals surface area contributed by atoms with Gasteiger partial charge in [0, 0.05) is 0 Å². The minimum absolute atomic E-state index is 0.264. The van der Waals surface area contributed by atoms with E-state index < -0.39 is 63.5 Å². The summed E-state index contributed by atoms with van der Waals surface area (Å²) in [7, 11) is -4.02. The van der Waals surface area contributed by atoms with Crippen molar-refractivity contribution in [1.82, 2.24) is 5.32 Å². The van der Waals surface area contributed by atoms with Crippen LogP contribution in [0.2, 0.25) is 0 Å². The van der Waals surface area contributed by atoms with Gasteiger partial charge in [0.1, 0.15) is 0 Å². The van der Waals surface area contributed by atoms with E-state index in [4.69, 9.17) is 4.55 Å². The van der Waals surface area contributed by atoms with Gasteiger partial charge in [-0.05, 0) is 20.5 Å². The fraction of sp³-hybridized carbons (Fsp3) is 1.00. The summed E-state index contributed by atoms with van der Waals surface area (Å²) in [6, 6.07) is 0. The van der Waals surface area contributed by atoms with Gasteiger partial charge in [-0.3, -0.25) is 4.55 Å². The van der Waals surface area contributed by atoms with Gasteiger partial charge >= 0.3 is 50.9 Å². The standard InChI is InChI=1S/C10H7F15O3S.C2H7N/c1-2-3(11)4(12,13)5(14,15)6(16,17)7(18,19)8(20,21)9(22,23)10(24,25)29(26,27)28;1-3-2/h3H,2H2,1H3,(H,26,27,28);3H,1-2H3. The van der Waals surface area contributed by atoms with Crippen LogP contribution in [0, 0.1) is 0 Å². The van der Waals surface area contributed by atoms with E-state index in [9.17, 15) is 74.3 Å². The smallest absolute Gasteiger partial charge is 0.323 e. The van der Waals surface area contributed by atoms with Crippen LogP contribution in [0.1, 0.15) is 13.3 Å². The third-order valence-corrected chi connectivity index (χ3v) is 4.34. The lowest BCUT2D eigenvalue weighted by molar-refractivity contribution is -0.438. The molecule has 2 N–H and O–H groups in total. The molecular formula is C12H14F15NO3S. The molecule has 0 aliphatic heterocycles. The van der Waals surface area contributed by atoms with Crippen molar-refractivity contribution in [1.29, 1.82) is 0 Å². The van der Waals surface area contributed by atoms with Gasteiger partial charge in [-0.15, -0.1) is 0 Å². The zero-order valence-electron chi connectivity index (χ0n) is 15.6. The number of hydrogen-bond donors (Lipinski definition) is 2. The number of rotatable bonds is 9. The second-order valence-corrected chi connectivity index (χ2v) is 7.33. The highest BCUT2D eigenvalue weighted by Gasteiger charge is 2.94. The van der Waals surface area contributed by atoms with Crippen molar-refractivity contribution in [3.05, 3.63) is 0 Å². The number of hydrogen-bond acceptors (Lipinski definition) is 3. The highest BCUT2D eigenvalue weighted by Crippen LogP contribution is 2.63. The normalized spacial score (nSPS) is 16.3. The van der Waals surface area contributed by atoms with E-state index >= 15 is 0 Å². The van der Waals surface area contributed by atoms with Gasteiger partial charge in [0.05, 0.1) is 0 Å². The third-order valence-electron chi connectivity index (χ3n) is 3.44. The van der Waals surface area contributed by atoms with Crippen LogP contribution in [0.3, 0.4) is 0 Å². The summed E-state index contributed by atoms with van der Waals surface area (Å²) in [4.78, 5) is 0. The molecule has 0 heterocycles. The van der Waals surface area contributed by atoms with E-state index in [2.05, 4.69) is 5.32 Å². The first-order valence-corrected chi connectivity index (χ1v) is 8.93. The summed E-state index contributed by atoms with van der Waals surface area (Å²) >= 11 is 0. The van der Waals surface area contributed by atoms with Crippen LogP contribution in [0.15, 0.2) is 0 Å². The Kier molecular flexibility index (Phi) is 9.51. The van der Waals surface area contributed by atoms with Crippen molar-refractivity contribution in [2.45, 2.75) is 60.3 Å². The molecule has 0 rings (SSSR count). The quantitative estimate of drug-likeness (QED) is 0.326. The van der Waals surface area contributed by atoms with Crippen molar-refractivity contribution < 1.29 is 78.8 Å². The van der Waals surface area contributed by atoms with Crippen LogP contribution in [0.25, 0.3) is 0 Å². The topological polar surface area (TPSA) is 66.4 Å². The van der Waals surface area contributed by atoms with Crippen molar-refractivity contribution in [2.75, 3.05) is 14.1 Å². The Balaban J connectivity index is 0. The molecule has 32 heavy (non-hydrogen) atoms. The van der Waals surface area contributed by atoms with Gasteiger partial charge in [-0.1, -0.05) is 6.92 Å². The van der Waals surface area contributed by atoms with Crippen LogP contribution < -0.4 is 5.32 Å². The molecular weight excluding hydrogens is 523 g/mol. The molecule has 4 nitrogen and oxygen atoms in total. The molecule has 0 aromatic heterocycles. The first-order valence-electron chi connectivity index (χ1n) is 7.49. The highest BCUT2D eigenvalue weighted by molar-refractivity contribution is 7.87. The predicted octanol–water partition coefficient (Wildman–Crippen LogP) is 4.86. The van der Waals surface area contributed by atoms with Crippen molar-refractivity contribution in [3.63, 3.8) is 0 Å². The zero-order chi connectivity index (χ0) is 27.0. The molecule has 0 bridgehead atoms. The first kappa shape index (κ1) is 33.0. The van der Waals surface area contributed by atoms with Crippen molar-refractivity contribution >= 4 is 10.1 Å². The van der Waals surface area contributed by atoms with Gasteiger partial charge in [-0.25, -0.2) is 4.39 Å². The number of alkyl halides is 15. The molecule has 1 unspecified atom stereocenters. The first-order chi connectivity index (χ1) is 13.6. The van der Waals surface area contributed by atoms with E-state index in [-0.39, 0.29) is 6.92 Å². The fourth-order valence-electron chi connectivity index (χ4n) is 1.60. The fourth-order valence-corrected chi connectivity index (χ4v) is 2.05. The molecule has 0 saturated carbocycles. The van der Waals surface area contributed by atoms with E-state index in [1.165, 1.54) is 0 Å². The number of nitrogens with one attached hydrogen (secondary N) is 1. The Morgan fingerprint density at radius 3 is 1.19 bits per heavy atom. The summed E-state index contributed by atoms with van der Waals surface area (Å²) in [6.45, 7) is 0.264. The number of halogens is 15. The van der Waals surface area contributed by atoms with Crippen LogP contribution in [0.4, 0.5) is 65.9 Å². The SMILES string of the molecule is CCC(F)C(F)(F)C(F)(F)C(F)(F)C(F)(F)C(F)(F)C(F)(F)C(F)(F)S(=O)(=O)O.CNC. The Morgan fingerprint density at radius 2 is 0.938 bits per heavy atom. The van der Waals surface area contributed by atoms with Crippen LogP contribution in [0.5, 0.6) is 0 Å². The Morgan fingerprint density at radius 1 is 0.688 bits per heavy atom. The Hall–Kier alpha value is -1.18. The molecule has 0 amide bonds. The summed E-state index contributed by atoms with van der Waals surface area (Å²) in [5, 5.41) is -4.94. The van der Waals surface area contributed by atoms with Crippen molar-refractivity contribution in [2.24, 2.45) is 0 Å². The molecule has 0 aromatic rings. The minimum atomic E-state index is -8.54. The summed E-state index contributed by atoms with van der Waals surface area (Å²) in [6.07, 6.45) is -6.23. The second-order valence-electron chi connectivity index (χ2n) is 5.86. The van der Waals surface area contributed by atoms with Gasteiger partial charge in [-0.2, -0.15) is 69.9 Å². The van der Waals surface area contributed by atoms with Crippen LogP contribution in [-0.2, 0) is 10.1 Å². The zero-order valence-corrected chi connectivity index (χ0v) is 16.4. The van der Waals surface area contributed by atoms with Crippen molar-refractivity contribution in [3.8, 4) is 0 Å². The predicted molar refractivity (Wildman–Crippen MR) is 76.3 cm³/mol. The maximum Gasteiger partial charge on any atom is 0.438 e. The molecule has 196 valence electrons. The maximum atomic E-state index is 13.3. The van der Waals surface area contributed by atoms with Gasteiger partial charge < -0.3 is 5.32 Å².